The van der Waals surface area contributed by atoms with Crippen molar-refractivity contribution in [2.45, 2.75) is 12.5 Å². The fourth-order valence-electron chi connectivity index (χ4n) is 2.13. The van der Waals surface area contributed by atoms with E-state index in [1.807, 2.05) is 0 Å². The predicted octanol–water partition coefficient (Wildman–Crippen LogP) is 2.51. The molecule has 1 aromatic carbocycles. The SMILES string of the molecule is COC(=O)CC1CN(C(=O)c2cc(Cl)ccc2Br)CCO1. The Morgan fingerprint density at radius 3 is 3.00 bits per heavy atom. The second kappa shape index (κ2) is 7.24. The summed E-state index contributed by atoms with van der Waals surface area (Å²) in [6.45, 7) is 1.23. The summed E-state index contributed by atoms with van der Waals surface area (Å²) < 4.78 is 10.8. The molecule has 7 heteroatoms. The van der Waals surface area contributed by atoms with Gasteiger partial charge in [0.05, 0.1) is 31.8 Å². The van der Waals surface area contributed by atoms with Gasteiger partial charge in [-0.05, 0) is 34.1 Å². The Balaban J connectivity index is 2.08. The first-order chi connectivity index (χ1) is 10.0. The first kappa shape index (κ1) is 16.3. The lowest BCUT2D eigenvalue weighted by Gasteiger charge is -2.32. The van der Waals surface area contributed by atoms with Gasteiger partial charge in [0.2, 0.25) is 0 Å². The van der Waals surface area contributed by atoms with Gasteiger partial charge >= 0.3 is 5.97 Å². The molecule has 2 rings (SSSR count). The van der Waals surface area contributed by atoms with E-state index in [2.05, 4.69) is 20.7 Å². The van der Waals surface area contributed by atoms with Gasteiger partial charge in [-0.3, -0.25) is 9.59 Å². The minimum Gasteiger partial charge on any atom is -0.469 e. The van der Waals surface area contributed by atoms with Crippen molar-refractivity contribution in [3.63, 3.8) is 0 Å². The molecular weight excluding hydrogens is 362 g/mol. The van der Waals surface area contributed by atoms with Gasteiger partial charge in [-0.25, -0.2) is 0 Å². The van der Waals surface area contributed by atoms with Crippen LogP contribution in [0.2, 0.25) is 5.02 Å². The van der Waals surface area contributed by atoms with E-state index in [9.17, 15) is 9.59 Å². The maximum Gasteiger partial charge on any atom is 0.308 e. The van der Waals surface area contributed by atoms with Gasteiger partial charge < -0.3 is 14.4 Å². The number of esters is 1. The molecule has 1 saturated heterocycles. The molecule has 21 heavy (non-hydrogen) atoms. The van der Waals surface area contributed by atoms with Crippen molar-refractivity contribution in [2.75, 3.05) is 26.8 Å². The molecule has 1 atom stereocenters. The minimum atomic E-state index is -0.349. The summed E-state index contributed by atoms with van der Waals surface area (Å²) in [7, 11) is 1.33. The van der Waals surface area contributed by atoms with Crippen molar-refractivity contribution >= 4 is 39.4 Å². The molecule has 1 aliphatic rings. The van der Waals surface area contributed by atoms with Crippen molar-refractivity contribution < 1.29 is 19.1 Å². The molecule has 1 aromatic rings. The highest BCUT2D eigenvalue weighted by Gasteiger charge is 2.27. The van der Waals surface area contributed by atoms with Crippen LogP contribution in [0.25, 0.3) is 0 Å². The monoisotopic (exact) mass is 375 g/mol. The number of methoxy groups -OCH3 is 1. The molecule has 0 aliphatic carbocycles. The van der Waals surface area contributed by atoms with Crippen LogP contribution < -0.4 is 0 Å². The molecular formula is C14H15BrClNO4. The summed E-state index contributed by atoms with van der Waals surface area (Å²) in [4.78, 5) is 25.5. The molecule has 0 saturated carbocycles. The Labute approximate surface area is 136 Å². The quantitative estimate of drug-likeness (QED) is 0.761. The highest BCUT2D eigenvalue weighted by atomic mass is 79.9. The van der Waals surface area contributed by atoms with Crippen molar-refractivity contribution in [1.29, 1.82) is 0 Å². The smallest absolute Gasteiger partial charge is 0.308 e. The third-order valence-corrected chi connectivity index (χ3v) is 4.13. The number of rotatable bonds is 3. The van der Waals surface area contributed by atoms with Crippen LogP contribution in [0.1, 0.15) is 16.8 Å². The van der Waals surface area contributed by atoms with E-state index < -0.39 is 0 Å². The number of hydrogen-bond acceptors (Lipinski definition) is 4. The van der Waals surface area contributed by atoms with Gasteiger partial charge in [-0.1, -0.05) is 11.6 Å². The number of morpholine rings is 1. The Bertz CT molecular complexity index is 552. The van der Waals surface area contributed by atoms with E-state index in [1.54, 1.807) is 23.1 Å². The second-order valence-corrected chi connectivity index (χ2v) is 5.94. The van der Waals surface area contributed by atoms with E-state index in [1.165, 1.54) is 7.11 Å². The van der Waals surface area contributed by atoms with E-state index in [0.717, 1.165) is 0 Å². The van der Waals surface area contributed by atoms with Gasteiger partial charge in [0.15, 0.2) is 0 Å². The molecule has 114 valence electrons. The van der Waals surface area contributed by atoms with Crippen molar-refractivity contribution in [2.24, 2.45) is 0 Å². The maximum atomic E-state index is 12.5. The molecule has 0 radical (unpaired) electrons. The number of benzene rings is 1. The van der Waals surface area contributed by atoms with Crippen LogP contribution >= 0.6 is 27.5 Å². The zero-order chi connectivity index (χ0) is 15.4. The van der Waals surface area contributed by atoms with Crippen LogP contribution in [0.15, 0.2) is 22.7 Å². The molecule has 1 fully saturated rings. The normalized spacial score (nSPS) is 18.4. The van der Waals surface area contributed by atoms with E-state index >= 15 is 0 Å². The van der Waals surface area contributed by atoms with Gasteiger partial charge in [-0.2, -0.15) is 0 Å². The summed E-state index contributed by atoms with van der Waals surface area (Å²) in [6, 6.07) is 5.07. The van der Waals surface area contributed by atoms with Crippen LogP contribution in [0.4, 0.5) is 0 Å². The van der Waals surface area contributed by atoms with Crippen LogP contribution in [-0.2, 0) is 14.3 Å². The molecule has 1 unspecified atom stereocenters. The Kier molecular flexibility index (Phi) is 5.61. The number of amides is 1. The summed E-state index contributed by atoms with van der Waals surface area (Å²) >= 11 is 9.29. The van der Waals surface area contributed by atoms with E-state index in [-0.39, 0.29) is 24.4 Å². The Morgan fingerprint density at radius 2 is 2.29 bits per heavy atom. The van der Waals surface area contributed by atoms with Crippen LogP contribution in [-0.4, -0.2) is 49.7 Å². The Morgan fingerprint density at radius 1 is 1.52 bits per heavy atom. The molecule has 0 bridgehead atoms. The van der Waals surface area contributed by atoms with Crippen molar-refractivity contribution in [3.8, 4) is 0 Å². The number of halogens is 2. The first-order valence-corrected chi connectivity index (χ1v) is 7.61. The zero-order valence-electron chi connectivity index (χ0n) is 11.5. The van der Waals surface area contributed by atoms with Crippen LogP contribution in [0.3, 0.4) is 0 Å². The zero-order valence-corrected chi connectivity index (χ0v) is 13.8. The third-order valence-electron chi connectivity index (χ3n) is 3.21. The van der Waals surface area contributed by atoms with Crippen LogP contribution in [0, 0.1) is 0 Å². The van der Waals surface area contributed by atoms with Gasteiger partial charge in [0.1, 0.15) is 0 Å². The predicted molar refractivity (Wildman–Crippen MR) is 81.4 cm³/mol. The van der Waals surface area contributed by atoms with E-state index in [0.29, 0.717) is 34.8 Å². The van der Waals surface area contributed by atoms with E-state index in [4.69, 9.17) is 16.3 Å². The fraction of sp³-hybridized carbons (Fsp3) is 0.429. The molecule has 0 spiro atoms. The lowest BCUT2D eigenvalue weighted by molar-refractivity contribution is -0.145. The summed E-state index contributed by atoms with van der Waals surface area (Å²) in [6.07, 6.45) is -0.204. The average molecular weight is 377 g/mol. The Hall–Kier alpha value is -1.11. The molecule has 0 N–H and O–H groups in total. The number of hydrogen-bond donors (Lipinski definition) is 0. The molecule has 1 amide bonds. The largest absolute Gasteiger partial charge is 0.469 e. The lowest BCUT2D eigenvalue weighted by atomic mass is 10.1. The van der Waals surface area contributed by atoms with Gasteiger partial charge in [0, 0.05) is 22.6 Å². The number of carbonyl (C=O) groups is 2. The second-order valence-electron chi connectivity index (χ2n) is 4.65. The topological polar surface area (TPSA) is 55.8 Å². The highest BCUT2D eigenvalue weighted by molar-refractivity contribution is 9.10. The molecule has 1 heterocycles. The van der Waals surface area contributed by atoms with Gasteiger partial charge in [0.25, 0.3) is 5.91 Å². The average Bonchev–Trinajstić information content (AvgIpc) is 2.49. The summed E-state index contributed by atoms with van der Waals surface area (Å²) in [5.41, 5.74) is 0.501. The highest BCUT2D eigenvalue weighted by Crippen LogP contribution is 2.23. The number of carbonyl (C=O) groups excluding carboxylic acids is 2. The standard InChI is InChI=1S/C14H15BrClNO4/c1-20-13(18)7-10-8-17(4-5-21-10)14(19)11-6-9(16)2-3-12(11)15/h2-3,6,10H,4-5,7-8H2,1H3. The maximum absolute atomic E-state index is 12.5. The number of nitrogens with zero attached hydrogens (tertiary/aromatic N) is 1. The summed E-state index contributed by atoms with van der Waals surface area (Å²) in [5.74, 6) is -0.485. The first-order valence-electron chi connectivity index (χ1n) is 6.44. The van der Waals surface area contributed by atoms with Crippen LogP contribution in [0.5, 0.6) is 0 Å². The minimum absolute atomic E-state index is 0.136. The number of ether oxygens (including phenoxy) is 2. The van der Waals surface area contributed by atoms with Crippen molar-refractivity contribution in [3.05, 3.63) is 33.3 Å². The summed E-state index contributed by atoms with van der Waals surface area (Å²) in [5, 5.41) is 0.501. The van der Waals surface area contributed by atoms with Crippen molar-refractivity contribution in [1.82, 2.24) is 4.90 Å². The molecule has 1 aliphatic heterocycles. The molecule has 5 nitrogen and oxygen atoms in total. The molecule has 0 aromatic heterocycles. The fourth-order valence-corrected chi connectivity index (χ4v) is 2.72. The van der Waals surface area contributed by atoms with Gasteiger partial charge in [-0.15, -0.1) is 0 Å². The third kappa shape index (κ3) is 4.18. The lowest BCUT2D eigenvalue weighted by Crippen LogP contribution is -2.46.